The van der Waals surface area contributed by atoms with Gasteiger partial charge in [-0.15, -0.1) is 0 Å². The first-order valence-electron chi connectivity index (χ1n) is 1.40. The van der Waals surface area contributed by atoms with E-state index < -0.39 is 5.91 Å². The lowest BCUT2D eigenvalue weighted by molar-refractivity contribution is -0.116. The first kappa shape index (κ1) is 5.14. The van der Waals surface area contributed by atoms with Crippen LogP contribution in [-0.4, -0.2) is 12.2 Å². The molecule has 0 aromatic carbocycles. The zero-order valence-electron chi connectivity index (χ0n) is 3.10. The third-order valence-electron chi connectivity index (χ3n) is 0.246. The van der Waals surface area contributed by atoms with Crippen molar-refractivity contribution >= 4 is 12.2 Å². The zero-order valence-corrected chi connectivity index (χ0v) is 3.10. The van der Waals surface area contributed by atoms with Crippen LogP contribution < -0.4 is 5.73 Å². The molecule has 0 aliphatic carbocycles. The maximum atomic E-state index is 9.56. The largest absolute Gasteiger partial charge is 0.369 e. The van der Waals surface area contributed by atoms with E-state index in [1.165, 1.54) is 6.29 Å². The van der Waals surface area contributed by atoms with Gasteiger partial charge in [0, 0.05) is 0 Å². The number of primary amides is 1. The van der Waals surface area contributed by atoms with Gasteiger partial charge in [-0.1, -0.05) is 0 Å². The van der Waals surface area contributed by atoms with Crippen LogP contribution >= 0.6 is 0 Å². The van der Waals surface area contributed by atoms with E-state index in [1.54, 1.807) is 0 Å². The Kier molecular flexibility index (Phi) is 2.04. The third-order valence-corrected chi connectivity index (χ3v) is 0.246. The van der Waals surface area contributed by atoms with Crippen LogP contribution in [0.4, 0.5) is 0 Å². The van der Waals surface area contributed by atoms with E-state index in [-0.39, 0.29) is 6.42 Å². The van der Waals surface area contributed by atoms with Crippen molar-refractivity contribution in [1.82, 2.24) is 0 Å². The van der Waals surface area contributed by atoms with E-state index in [1.807, 2.05) is 0 Å². The highest BCUT2D eigenvalue weighted by Crippen LogP contribution is 1.60. The van der Waals surface area contributed by atoms with Crippen molar-refractivity contribution in [3.63, 3.8) is 0 Å². The van der Waals surface area contributed by atoms with Gasteiger partial charge in [0.15, 0.2) is 0 Å². The monoisotopic (exact) mass is 86.0 g/mol. The second-order valence-corrected chi connectivity index (χ2v) is 0.787. The van der Waals surface area contributed by atoms with E-state index in [0.717, 1.165) is 0 Å². The van der Waals surface area contributed by atoms with E-state index in [0.29, 0.717) is 0 Å². The van der Waals surface area contributed by atoms with Crippen LogP contribution in [0.25, 0.3) is 0 Å². The van der Waals surface area contributed by atoms with E-state index >= 15 is 0 Å². The average molecular weight is 86.1 g/mol. The maximum Gasteiger partial charge on any atom is 0.225 e. The van der Waals surface area contributed by atoms with E-state index in [2.05, 4.69) is 5.73 Å². The van der Waals surface area contributed by atoms with Crippen LogP contribution in [0.15, 0.2) is 0 Å². The van der Waals surface area contributed by atoms with Crippen LogP contribution in [0.3, 0.4) is 0 Å². The molecule has 3 heteroatoms. The Labute approximate surface area is 35.1 Å². The Morgan fingerprint density at radius 2 is 2.33 bits per heavy atom. The fourth-order valence-electron chi connectivity index (χ4n) is 0.0711. The van der Waals surface area contributed by atoms with E-state index in [4.69, 9.17) is 0 Å². The lowest BCUT2D eigenvalue weighted by Gasteiger charge is -1.72. The Bertz CT molecular complexity index is 69.2. The van der Waals surface area contributed by atoms with Gasteiger partial charge in [-0.3, -0.25) is 9.59 Å². The number of carbonyl (C=O) groups excluding carboxylic acids is 2. The number of hydrogen-bond donors (Lipinski definition) is 1. The Morgan fingerprint density at radius 1 is 1.83 bits per heavy atom. The Hall–Kier alpha value is -0.860. The fraction of sp³-hybridized carbons (Fsp3) is 0.333. The molecule has 1 amide bonds. The molecule has 0 spiro atoms. The number of carbonyl (C=O) groups is 1. The normalized spacial score (nSPS) is 7.33. The molecule has 0 fully saturated rings. The minimum atomic E-state index is -0.634. The van der Waals surface area contributed by atoms with Gasteiger partial charge < -0.3 is 5.73 Å². The van der Waals surface area contributed by atoms with E-state index in [9.17, 15) is 9.59 Å². The molecule has 0 heterocycles. The molecule has 33 valence electrons. The van der Waals surface area contributed by atoms with Gasteiger partial charge in [-0.05, 0) is 0 Å². The van der Waals surface area contributed by atoms with Gasteiger partial charge in [0.2, 0.25) is 12.2 Å². The van der Waals surface area contributed by atoms with Crippen LogP contribution in [0.1, 0.15) is 6.42 Å². The smallest absolute Gasteiger partial charge is 0.225 e. The predicted octanol–water partition coefficient (Wildman–Crippen LogP) is -1.03. The van der Waals surface area contributed by atoms with Gasteiger partial charge in [-0.2, -0.15) is 0 Å². The third kappa shape index (κ3) is 3.14. The molecule has 1 radical (unpaired) electrons. The van der Waals surface area contributed by atoms with Crippen molar-refractivity contribution in [2.45, 2.75) is 6.42 Å². The number of hydrogen-bond acceptors (Lipinski definition) is 2. The van der Waals surface area contributed by atoms with Crippen molar-refractivity contribution in [3.05, 3.63) is 0 Å². The summed E-state index contributed by atoms with van der Waals surface area (Å²) in [5, 5.41) is 0. The summed E-state index contributed by atoms with van der Waals surface area (Å²) in [5.74, 6) is -0.634. The molecule has 3 nitrogen and oxygen atoms in total. The van der Waals surface area contributed by atoms with Crippen LogP contribution in [0, 0.1) is 0 Å². The fourth-order valence-corrected chi connectivity index (χ4v) is 0.0711. The van der Waals surface area contributed by atoms with Gasteiger partial charge in [-0.25, -0.2) is 0 Å². The lowest BCUT2D eigenvalue weighted by Crippen LogP contribution is -2.09. The molecule has 0 saturated heterocycles. The van der Waals surface area contributed by atoms with Gasteiger partial charge in [0.1, 0.15) is 0 Å². The van der Waals surface area contributed by atoms with Crippen LogP contribution in [0.2, 0.25) is 0 Å². The standard InChI is InChI=1S/C3H4NO2/c4-3(6)1-2-5/h1H2,(H2,4,6). The maximum absolute atomic E-state index is 9.56. The summed E-state index contributed by atoms with van der Waals surface area (Å²) in [7, 11) is 0. The molecule has 0 bridgehead atoms. The second-order valence-electron chi connectivity index (χ2n) is 0.787. The molecular formula is C3H4NO2. The first-order chi connectivity index (χ1) is 2.77. The summed E-state index contributed by atoms with van der Waals surface area (Å²) >= 11 is 0. The summed E-state index contributed by atoms with van der Waals surface area (Å²) in [5.41, 5.74) is 4.50. The van der Waals surface area contributed by atoms with Crippen molar-refractivity contribution < 1.29 is 9.59 Å². The predicted molar refractivity (Wildman–Crippen MR) is 19.5 cm³/mol. The van der Waals surface area contributed by atoms with Gasteiger partial charge in [0.05, 0.1) is 6.42 Å². The van der Waals surface area contributed by atoms with Crippen molar-refractivity contribution in [3.8, 4) is 0 Å². The lowest BCUT2D eigenvalue weighted by atomic mass is 10.5. The van der Waals surface area contributed by atoms with Crippen LogP contribution in [0.5, 0.6) is 0 Å². The molecule has 0 aliphatic rings. The van der Waals surface area contributed by atoms with Crippen molar-refractivity contribution in [2.24, 2.45) is 5.73 Å². The molecule has 6 heavy (non-hydrogen) atoms. The summed E-state index contributed by atoms with van der Waals surface area (Å²) in [4.78, 5) is 18.7. The first-order valence-corrected chi connectivity index (χ1v) is 1.40. The molecule has 0 aromatic rings. The molecule has 0 rings (SSSR count). The molecule has 0 atom stereocenters. The summed E-state index contributed by atoms with van der Waals surface area (Å²) < 4.78 is 0. The Balaban J connectivity index is 3.05. The average Bonchev–Trinajstić information content (AvgIpc) is 1.35. The topological polar surface area (TPSA) is 60.2 Å². The molecule has 0 saturated carbocycles. The summed E-state index contributed by atoms with van der Waals surface area (Å²) in [6.07, 6.45) is 1.05. The highest BCUT2D eigenvalue weighted by Gasteiger charge is 1.86. The quantitative estimate of drug-likeness (QED) is 0.437. The summed E-state index contributed by atoms with van der Waals surface area (Å²) in [6.45, 7) is 0. The molecule has 0 unspecified atom stereocenters. The minimum Gasteiger partial charge on any atom is -0.369 e. The highest BCUT2D eigenvalue weighted by atomic mass is 16.2. The number of nitrogens with two attached hydrogens (primary N) is 1. The summed E-state index contributed by atoms with van der Waals surface area (Å²) in [6, 6.07) is 0. The van der Waals surface area contributed by atoms with Gasteiger partial charge >= 0.3 is 0 Å². The number of amides is 1. The molecule has 0 aromatic heterocycles. The minimum absolute atomic E-state index is 0.292. The number of rotatable bonds is 2. The van der Waals surface area contributed by atoms with Crippen molar-refractivity contribution in [2.75, 3.05) is 0 Å². The SMILES string of the molecule is NC(=O)C[C]=O. The van der Waals surface area contributed by atoms with Gasteiger partial charge in [0.25, 0.3) is 0 Å². The molecule has 0 aliphatic heterocycles. The molecular weight excluding hydrogens is 82.0 g/mol. The second kappa shape index (κ2) is 2.38. The Morgan fingerprint density at radius 3 is 2.33 bits per heavy atom. The van der Waals surface area contributed by atoms with Crippen molar-refractivity contribution in [1.29, 1.82) is 0 Å². The molecule has 2 N–H and O–H groups in total. The zero-order chi connectivity index (χ0) is 4.99. The van der Waals surface area contributed by atoms with Crippen LogP contribution in [-0.2, 0) is 9.59 Å². The highest BCUT2D eigenvalue weighted by molar-refractivity contribution is 5.86.